The van der Waals surface area contributed by atoms with Gasteiger partial charge in [-0.3, -0.25) is 0 Å². The Balaban J connectivity index is 1.83. The van der Waals surface area contributed by atoms with Crippen molar-refractivity contribution in [1.82, 2.24) is 0 Å². The molecule has 0 heterocycles. The summed E-state index contributed by atoms with van der Waals surface area (Å²) in [5, 5.41) is 8.63. The summed E-state index contributed by atoms with van der Waals surface area (Å²) in [6.45, 7) is 3.47. The first-order valence-electron chi connectivity index (χ1n) is 5.84. The molecule has 0 N–H and O–H groups in total. The van der Waals surface area contributed by atoms with Crippen LogP contribution in [-0.2, 0) is 14.2 Å². The minimum Gasteiger partial charge on any atom is -0.382 e. The summed E-state index contributed by atoms with van der Waals surface area (Å²) >= 11 is 0. The minimum atomic E-state index is 0.200. The number of hydrogen-bond donors (Lipinski definition) is 0. The van der Waals surface area contributed by atoms with E-state index >= 15 is 0 Å². The summed E-state index contributed by atoms with van der Waals surface area (Å²) in [5.41, 5.74) is 0.200. The zero-order valence-corrected chi connectivity index (χ0v) is 10.0. The van der Waals surface area contributed by atoms with Gasteiger partial charge in [-0.2, -0.15) is 5.26 Å². The van der Waals surface area contributed by atoms with Gasteiger partial charge in [-0.05, 0) is 19.3 Å². The molecule has 0 spiro atoms. The molecule has 1 saturated carbocycles. The lowest BCUT2D eigenvalue weighted by Crippen LogP contribution is -2.12. The van der Waals surface area contributed by atoms with E-state index in [1.807, 2.05) is 0 Å². The number of rotatable bonds is 10. The van der Waals surface area contributed by atoms with Gasteiger partial charge < -0.3 is 14.2 Å². The molecule has 0 aromatic carbocycles. The summed E-state index contributed by atoms with van der Waals surface area (Å²) in [6.07, 6.45) is 3.83. The van der Waals surface area contributed by atoms with Crippen LogP contribution in [0.4, 0.5) is 0 Å². The van der Waals surface area contributed by atoms with E-state index in [0.717, 1.165) is 32.5 Å². The smallest absolute Gasteiger partial charge is 0.0700 e. The Labute approximate surface area is 97.5 Å². The predicted octanol–water partition coefficient (Wildman–Crippen LogP) is 1.75. The van der Waals surface area contributed by atoms with Crippen molar-refractivity contribution in [2.75, 3.05) is 40.1 Å². The van der Waals surface area contributed by atoms with Crippen LogP contribution in [-0.4, -0.2) is 40.1 Å². The number of ether oxygens (including phenoxy) is 3. The molecule has 0 radical (unpaired) electrons. The van der Waals surface area contributed by atoms with Gasteiger partial charge in [-0.1, -0.05) is 0 Å². The van der Waals surface area contributed by atoms with Gasteiger partial charge in [0.15, 0.2) is 0 Å². The van der Waals surface area contributed by atoms with Crippen molar-refractivity contribution in [3.8, 4) is 6.07 Å². The van der Waals surface area contributed by atoms with Gasteiger partial charge in [0.05, 0.1) is 25.9 Å². The van der Waals surface area contributed by atoms with E-state index in [0.29, 0.717) is 26.2 Å². The minimum absolute atomic E-state index is 0.200. The van der Waals surface area contributed by atoms with Gasteiger partial charge in [0, 0.05) is 32.2 Å². The lowest BCUT2D eigenvalue weighted by molar-refractivity contribution is 0.0420. The molecule has 0 aromatic heterocycles. The highest BCUT2D eigenvalue weighted by atomic mass is 16.5. The Bertz CT molecular complexity index is 221. The first-order valence-corrected chi connectivity index (χ1v) is 5.84. The normalized spacial score (nSPS) is 17.0. The Morgan fingerprint density at radius 3 is 2.50 bits per heavy atom. The van der Waals surface area contributed by atoms with Crippen LogP contribution in [0.5, 0.6) is 0 Å². The lowest BCUT2D eigenvalue weighted by Gasteiger charge is -2.11. The van der Waals surface area contributed by atoms with Crippen molar-refractivity contribution in [2.45, 2.75) is 25.7 Å². The maximum Gasteiger partial charge on any atom is 0.0700 e. The number of hydrogen-bond acceptors (Lipinski definition) is 4. The Morgan fingerprint density at radius 1 is 1.12 bits per heavy atom. The maximum atomic E-state index is 8.63. The van der Waals surface area contributed by atoms with Crippen LogP contribution in [0.1, 0.15) is 25.7 Å². The molecule has 16 heavy (non-hydrogen) atoms. The molecule has 1 aliphatic rings. The van der Waals surface area contributed by atoms with Crippen LogP contribution < -0.4 is 0 Å². The monoisotopic (exact) mass is 227 g/mol. The quantitative estimate of drug-likeness (QED) is 0.533. The third-order valence-electron chi connectivity index (χ3n) is 2.83. The van der Waals surface area contributed by atoms with Gasteiger partial charge in [-0.15, -0.1) is 0 Å². The first kappa shape index (κ1) is 13.4. The summed E-state index contributed by atoms with van der Waals surface area (Å²) in [6, 6.07) is 2.23. The topological polar surface area (TPSA) is 51.5 Å². The van der Waals surface area contributed by atoms with Crippen molar-refractivity contribution < 1.29 is 14.2 Å². The summed E-state index contributed by atoms with van der Waals surface area (Å²) in [7, 11) is 1.66. The zero-order chi connectivity index (χ0) is 11.7. The number of nitriles is 1. The van der Waals surface area contributed by atoms with Crippen LogP contribution in [0.15, 0.2) is 0 Å². The molecule has 1 rings (SSSR count). The fourth-order valence-corrected chi connectivity index (χ4v) is 1.51. The van der Waals surface area contributed by atoms with E-state index in [-0.39, 0.29) is 5.41 Å². The second-order valence-electron chi connectivity index (χ2n) is 4.35. The predicted molar refractivity (Wildman–Crippen MR) is 60.0 cm³/mol. The SMILES string of the molecule is COCCOCCCOCC1(CC#N)CC1. The molecule has 0 aliphatic heterocycles. The van der Waals surface area contributed by atoms with E-state index in [9.17, 15) is 0 Å². The van der Waals surface area contributed by atoms with Crippen molar-refractivity contribution in [2.24, 2.45) is 5.41 Å². The standard InChI is InChI=1S/C12H21NO3/c1-14-9-10-15-7-2-8-16-11-12(3-4-12)5-6-13/h2-5,7-11H2,1H3. The average Bonchev–Trinajstić information content (AvgIpc) is 3.03. The second-order valence-corrected chi connectivity index (χ2v) is 4.35. The van der Waals surface area contributed by atoms with E-state index < -0.39 is 0 Å². The number of nitrogens with zero attached hydrogens (tertiary/aromatic N) is 1. The van der Waals surface area contributed by atoms with Gasteiger partial charge in [0.1, 0.15) is 0 Å². The van der Waals surface area contributed by atoms with Crippen LogP contribution in [0.25, 0.3) is 0 Å². The molecule has 92 valence electrons. The molecule has 0 saturated heterocycles. The van der Waals surface area contributed by atoms with Crippen LogP contribution in [0.3, 0.4) is 0 Å². The van der Waals surface area contributed by atoms with Crippen LogP contribution >= 0.6 is 0 Å². The van der Waals surface area contributed by atoms with Crippen molar-refractivity contribution in [1.29, 1.82) is 5.26 Å². The van der Waals surface area contributed by atoms with Gasteiger partial charge in [0.2, 0.25) is 0 Å². The average molecular weight is 227 g/mol. The van der Waals surface area contributed by atoms with Crippen LogP contribution in [0, 0.1) is 16.7 Å². The molecular formula is C12H21NO3. The fourth-order valence-electron chi connectivity index (χ4n) is 1.51. The van der Waals surface area contributed by atoms with Crippen LogP contribution in [0.2, 0.25) is 0 Å². The van der Waals surface area contributed by atoms with E-state index in [2.05, 4.69) is 6.07 Å². The van der Waals surface area contributed by atoms with Gasteiger partial charge >= 0.3 is 0 Å². The first-order chi connectivity index (χ1) is 7.83. The summed E-state index contributed by atoms with van der Waals surface area (Å²) in [5.74, 6) is 0. The van der Waals surface area contributed by atoms with Crippen molar-refractivity contribution in [3.63, 3.8) is 0 Å². The Hall–Kier alpha value is -0.630. The number of methoxy groups -OCH3 is 1. The molecule has 0 aromatic rings. The van der Waals surface area contributed by atoms with Gasteiger partial charge in [-0.25, -0.2) is 0 Å². The largest absolute Gasteiger partial charge is 0.382 e. The molecule has 0 unspecified atom stereocenters. The third-order valence-corrected chi connectivity index (χ3v) is 2.83. The molecule has 4 nitrogen and oxygen atoms in total. The van der Waals surface area contributed by atoms with Crippen molar-refractivity contribution >= 4 is 0 Å². The fraction of sp³-hybridized carbons (Fsp3) is 0.917. The molecule has 0 amide bonds. The zero-order valence-electron chi connectivity index (χ0n) is 10.0. The van der Waals surface area contributed by atoms with E-state index in [1.54, 1.807) is 7.11 Å². The molecule has 1 fully saturated rings. The van der Waals surface area contributed by atoms with E-state index in [4.69, 9.17) is 19.5 Å². The maximum absolute atomic E-state index is 8.63. The second kappa shape index (κ2) is 7.61. The Morgan fingerprint density at radius 2 is 1.88 bits per heavy atom. The highest BCUT2D eigenvalue weighted by molar-refractivity contribution is 4.99. The highest BCUT2D eigenvalue weighted by Crippen LogP contribution is 2.48. The highest BCUT2D eigenvalue weighted by Gasteiger charge is 2.42. The molecule has 0 bridgehead atoms. The molecule has 0 atom stereocenters. The Kier molecular flexibility index (Phi) is 6.39. The van der Waals surface area contributed by atoms with Gasteiger partial charge in [0.25, 0.3) is 0 Å². The molecular weight excluding hydrogens is 206 g/mol. The molecule has 4 heteroatoms. The van der Waals surface area contributed by atoms with E-state index in [1.165, 1.54) is 0 Å². The third kappa shape index (κ3) is 5.45. The summed E-state index contributed by atoms with van der Waals surface area (Å²) in [4.78, 5) is 0. The molecule has 1 aliphatic carbocycles. The van der Waals surface area contributed by atoms with Crippen molar-refractivity contribution in [3.05, 3.63) is 0 Å². The lowest BCUT2D eigenvalue weighted by atomic mass is 10.1. The summed E-state index contributed by atoms with van der Waals surface area (Å²) < 4.78 is 15.7.